The second kappa shape index (κ2) is 4.22. The molecule has 1 heterocycles. The van der Waals surface area contributed by atoms with Crippen molar-refractivity contribution in [3.05, 3.63) is 0 Å². The Morgan fingerprint density at radius 2 is 1.63 bits per heavy atom. The molecule has 1 saturated heterocycles. The third-order valence-corrected chi connectivity index (χ3v) is 7.01. The Hall–Kier alpha value is -0.0500. The average Bonchev–Trinajstić information content (AvgIpc) is 2.36. The van der Waals surface area contributed by atoms with E-state index in [4.69, 9.17) is 0 Å². The van der Waals surface area contributed by atoms with Crippen LogP contribution in [-0.2, 0) is 4.79 Å². The minimum atomic E-state index is 0.0188. The van der Waals surface area contributed by atoms with Gasteiger partial charge >= 0.3 is 0 Å². The summed E-state index contributed by atoms with van der Waals surface area (Å²) >= 11 is 4.01. The highest BCUT2D eigenvalue weighted by Gasteiger charge is 2.60. The molecule has 2 nitrogen and oxygen atoms in total. The lowest BCUT2D eigenvalue weighted by Gasteiger charge is -2.60. The summed E-state index contributed by atoms with van der Waals surface area (Å²) in [4.78, 5) is 15.3. The summed E-state index contributed by atoms with van der Waals surface area (Å²) in [5, 5.41) is 0. The average molecular weight is 326 g/mol. The standard InChI is InChI=1S/C16H24BrNO/c17-16-9-12-6-13(10-16)8-15(7-12,11-16)14(19)18-4-2-1-3-5-18/h12-13H,1-11H2. The minimum absolute atomic E-state index is 0.0188. The molecule has 1 amide bonds. The molecule has 4 aliphatic carbocycles. The lowest BCUT2D eigenvalue weighted by Crippen LogP contribution is -2.59. The van der Waals surface area contributed by atoms with Gasteiger partial charge in [0.05, 0.1) is 5.41 Å². The number of likely N-dealkylation sites (tertiary alicyclic amines) is 1. The van der Waals surface area contributed by atoms with Crippen LogP contribution in [0.2, 0.25) is 0 Å². The third-order valence-electron chi connectivity index (χ3n) is 6.09. The van der Waals surface area contributed by atoms with Gasteiger partial charge in [0.1, 0.15) is 0 Å². The maximum atomic E-state index is 13.1. The molecule has 106 valence electrons. The van der Waals surface area contributed by atoms with Gasteiger partial charge in [0.25, 0.3) is 0 Å². The van der Waals surface area contributed by atoms with E-state index in [2.05, 4.69) is 20.8 Å². The summed E-state index contributed by atoms with van der Waals surface area (Å²) in [6.45, 7) is 2.04. The normalized spacial score (nSPS) is 48.6. The van der Waals surface area contributed by atoms with Gasteiger partial charge in [-0.1, -0.05) is 15.9 Å². The first-order valence-corrected chi connectivity index (χ1v) is 8.86. The molecule has 2 unspecified atom stereocenters. The van der Waals surface area contributed by atoms with Gasteiger partial charge in [-0.2, -0.15) is 0 Å². The number of piperidine rings is 1. The minimum Gasteiger partial charge on any atom is -0.342 e. The SMILES string of the molecule is O=C(N1CCCCC1)C12CC3CC(CC(Br)(C3)C1)C2. The van der Waals surface area contributed by atoms with E-state index < -0.39 is 0 Å². The molecule has 0 spiro atoms. The summed E-state index contributed by atoms with van der Waals surface area (Å²) in [6.07, 6.45) is 11.3. The zero-order valence-electron chi connectivity index (χ0n) is 11.7. The quantitative estimate of drug-likeness (QED) is 0.672. The van der Waals surface area contributed by atoms with Crippen molar-refractivity contribution >= 4 is 21.8 Å². The summed E-state index contributed by atoms with van der Waals surface area (Å²) in [5.41, 5.74) is 0.0188. The van der Waals surface area contributed by atoms with Crippen molar-refractivity contribution in [3.63, 3.8) is 0 Å². The lowest BCUT2D eigenvalue weighted by molar-refractivity contribution is -0.156. The van der Waals surface area contributed by atoms with Crippen LogP contribution in [-0.4, -0.2) is 28.2 Å². The number of hydrogen-bond acceptors (Lipinski definition) is 1. The largest absolute Gasteiger partial charge is 0.342 e. The molecular weight excluding hydrogens is 302 g/mol. The van der Waals surface area contributed by atoms with Crippen LogP contribution in [0.5, 0.6) is 0 Å². The van der Waals surface area contributed by atoms with E-state index in [1.54, 1.807) is 0 Å². The van der Waals surface area contributed by atoms with Gasteiger partial charge in [-0.05, 0) is 69.6 Å². The molecule has 0 aromatic heterocycles. The maximum Gasteiger partial charge on any atom is 0.228 e. The van der Waals surface area contributed by atoms with Crippen molar-refractivity contribution < 1.29 is 4.79 Å². The highest BCUT2D eigenvalue weighted by molar-refractivity contribution is 9.10. The molecule has 0 aromatic carbocycles. The number of carbonyl (C=O) groups excluding carboxylic acids is 1. The summed E-state index contributed by atoms with van der Waals surface area (Å²) in [7, 11) is 0. The van der Waals surface area contributed by atoms with E-state index in [1.165, 1.54) is 51.4 Å². The first-order chi connectivity index (χ1) is 9.09. The molecule has 19 heavy (non-hydrogen) atoms. The van der Waals surface area contributed by atoms with Crippen molar-refractivity contribution in [2.45, 2.75) is 62.1 Å². The summed E-state index contributed by atoms with van der Waals surface area (Å²) in [5.74, 6) is 2.15. The van der Waals surface area contributed by atoms with Gasteiger partial charge in [0.2, 0.25) is 5.91 Å². The molecule has 0 radical (unpaired) electrons. The number of carbonyl (C=O) groups is 1. The first-order valence-electron chi connectivity index (χ1n) is 8.07. The first kappa shape index (κ1) is 12.7. The molecule has 1 aliphatic heterocycles. The summed E-state index contributed by atoms with van der Waals surface area (Å²) in [6, 6.07) is 0. The molecule has 4 saturated carbocycles. The van der Waals surface area contributed by atoms with E-state index in [0.717, 1.165) is 31.3 Å². The zero-order valence-corrected chi connectivity index (χ0v) is 13.3. The van der Waals surface area contributed by atoms with Gasteiger partial charge in [-0.3, -0.25) is 4.79 Å². The van der Waals surface area contributed by atoms with Crippen molar-refractivity contribution in [1.29, 1.82) is 0 Å². The molecule has 0 N–H and O–H groups in total. The Kier molecular flexibility index (Phi) is 2.82. The smallest absolute Gasteiger partial charge is 0.228 e. The van der Waals surface area contributed by atoms with E-state index >= 15 is 0 Å². The van der Waals surface area contributed by atoms with Crippen molar-refractivity contribution in [2.24, 2.45) is 17.3 Å². The lowest BCUT2D eigenvalue weighted by atomic mass is 9.49. The van der Waals surface area contributed by atoms with Crippen LogP contribution in [0, 0.1) is 17.3 Å². The van der Waals surface area contributed by atoms with Crippen molar-refractivity contribution in [3.8, 4) is 0 Å². The number of alkyl halides is 1. The van der Waals surface area contributed by atoms with Crippen LogP contribution in [0.4, 0.5) is 0 Å². The van der Waals surface area contributed by atoms with Crippen LogP contribution < -0.4 is 0 Å². The number of amides is 1. The fraction of sp³-hybridized carbons (Fsp3) is 0.938. The Balaban J connectivity index is 1.60. The Morgan fingerprint density at radius 3 is 2.21 bits per heavy atom. The number of nitrogens with zero attached hydrogens (tertiary/aromatic N) is 1. The van der Waals surface area contributed by atoms with E-state index in [-0.39, 0.29) is 5.41 Å². The Bertz CT molecular complexity index is 388. The fourth-order valence-electron chi connectivity index (χ4n) is 5.83. The van der Waals surface area contributed by atoms with Crippen LogP contribution in [0.25, 0.3) is 0 Å². The Morgan fingerprint density at radius 1 is 1.00 bits per heavy atom. The van der Waals surface area contributed by atoms with Crippen molar-refractivity contribution in [2.75, 3.05) is 13.1 Å². The number of hydrogen-bond donors (Lipinski definition) is 0. The third kappa shape index (κ3) is 1.99. The van der Waals surface area contributed by atoms with Gasteiger partial charge in [0, 0.05) is 17.4 Å². The second-order valence-corrected chi connectivity index (χ2v) is 9.43. The highest BCUT2D eigenvalue weighted by Crippen LogP contribution is 2.64. The second-order valence-electron chi connectivity index (χ2n) is 7.75. The molecule has 3 heteroatoms. The van der Waals surface area contributed by atoms with Crippen LogP contribution in [0.15, 0.2) is 0 Å². The van der Waals surface area contributed by atoms with Crippen LogP contribution in [0.3, 0.4) is 0 Å². The predicted octanol–water partition coefficient (Wildman–Crippen LogP) is 3.73. The zero-order chi connectivity index (χ0) is 13.1. The van der Waals surface area contributed by atoms with Gasteiger partial charge < -0.3 is 4.90 Å². The number of halogens is 1. The molecular formula is C16H24BrNO. The highest BCUT2D eigenvalue weighted by atomic mass is 79.9. The molecule has 2 atom stereocenters. The van der Waals surface area contributed by atoms with E-state index in [0.29, 0.717) is 10.2 Å². The maximum absolute atomic E-state index is 13.1. The molecule has 0 aromatic rings. The van der Waals surface area contributed by atoms with Gasteiger partial charge in [-0.25, -0.2) is 0 Å². The fourth-order valence-corrected chi connectivity index (χ4v) is 7.29. The number of rotatable bonds is 1. The van der Waals surface area contributed by atoms with Gasteiger partial charge in [0.15, 0.2) is 0 Å². The predicted molar refractivity (Wildman–Crippen MR) is 79.2 cm³/mol. The topological polar surface area (TPSA) is 20.3 Å². The Labute approximate surface area is 124 Å². The summed E-state index contributed by atoms with van der Waals surface area (Å²) < 4.78 is 0.308. The van der Waals surface area contributed by atoms with Gasteiger partial charge in [-0.15, -0.1) is 0 Å². The monoisotopic (exact) mass is 325 g/mol. The molecule has 5 aliphatic rings. The molecule has 5 fully saturated rings. The van der Waals surface area contributed by atoms with Crippen LogP contribution >= 0.6 is 15.9 Å². The van der Waals surface area contributed by atoms with E-state index in [9.17, 15) is 4.79 Å². The van der Waals surface area contributed by atoms with Crippen molar-refractivity contribution in [1.82, 2.24) is 4.90 Å². The van der Waals surface area contributed by atoms with E-state index in [1.807, 2.05) is 0 Å². The van der Waals surface area contributed by atoms with Crippen LogP contribution in [0.1, 0.15) is 57.8 Å². The molecule has 4 bridgehead atoms. The molecule has 5 rings (SSSR count).